The molecular weight excluding hydrogens is 455 g/mol. The maximum absolute atomic E-state index is 15.3. The highest BCUT2D eigenvalue weighted by Gasteiger charge is 2.52. The Kier molecular flexibility index (Phi) is 6.62. The van der Waals surface area contributed by atoms with Crippen LogP contribution >= 0.6 is 0 Å². The van der Waals surface area contributed by atoms with Crippen LogP contribution in [0, 0.1) is 18.6 Å². The van der Waals surface area contributed by atoms with E-state index in [1.807, 2.05) is 27.7 Å². The number of benzene rings is 2. The second-order valence-electron chi connectivity index (χ2n) is 8.87. The van der Waals surface area contributed by atoms with Crippen LogP contribution in [0.25, 0.3) is 0 Å². The first-order valence-electron chi connectivity index (χ1n) is 10.2. The van der Waals surface area contributed by atoms with Crippen molar-refractivity contribution in [3.05, 3.63) is 53.1 Å². The number of esters is 1. The molecule has 2 aromatic carbocycles. The minimum Gasteiger partial charge on any atom is -0.461 e. The van der Waals surface area contributed by atoms with E-state index < -0.39 is 50.8 Å². The number of ether oxygens (including phenoxy) is 1. The zero-order valence-electron chi connectivity index (χ0n) is 19.3. The summed E-state index contributed by atoms with van der Waals surface area (Å²) in [5, 5.41) is 0. The molecule has 1 saturated heterocycles. The van der Waals surface area contributed by atoms with Gasteiger partial charge in [-0.3, -0.25) is 9.52 Å². The third-order valence-electron chi connectivity index (χ3n) is 5.93. The summed E-state index contributed by atoms with van der Waals surface area (Å²) in [4.78, 5) is 10.7. The quantitative estimate of drug-likeness (QED) is 0.502. The van der Waals surface area contributed by atoms with E-state index in [0.717, 1.165) is 12.1 Å². The highest BCUT2D eigenvalue weighted by Crippen LogP contribution is 2.37. The first-order valence-corrected chi connectivity index (χ1v) is 11.7. The number of nitrogens with one attached hydrogen (secondary N) is 1. The van der Waals surface area contributed by atoms with Crippen molar-refractivity contribution in [2.24, 2.45) is 0 Å². The molecule has 1 heterocycles. The maximum Gasteiger partial charge on any atom is 0.497 e. The third kappa shape index (κ3) is 5.05. The number of halogens is 2. The van der Waals surface area contributed by atoms with Crippen molar-refractivity contribution in [3.63, 3.8) is 0 Å². The molecule has 0 aromatic heterocycles. The average Bonchev–Trinajstić information content (AvgIpc) is 2.90. The molecule has 1 N–H and O–H groups in total. The molecule has 1 aliphatic rings. The van der Waals surface area contributed by atoms with E-state index in [9.17, 15) is 17.6 Å². The molecule has 11 heteroatoms. The van der Waals surface area contributed by atoms with Crippen LogP contribution in [0.3, 0.4) is 0 Å². The minimum absolute atomic E-state index is 0.0281. The second-order valence-corrected chi connectivity index (χ2v) is 10.5. The van der Waals surface area contributed by atoms with Gasteiger partial charge in [-0.05, 0) is 63.9 Å². The molecule has 1 fully saturated rings. The standard InChI is InChI=1S/C22H26BF2NO6S/c1-13-15(12-30-14(2)27)10-16(24)11-19(13)33(28,29)26-18-9-7-8-17(20(18)25)23-31-21(3,4)22(5,6)32-23/h7-11,26H,12H2,1-6H3. The number of carbonyl (C=O) groups is 1. The summed E-state index contributed by atoms with van der Waals surface area (Å²) in [5.74, 6) is -2.30. The van der Waals surface area contributed by atoms with Crippen LogP contribution in [-0.4, -0.2) is 32.7 Å². The van der Waals surface area contributed by atoms with Crippen molar-refractivity contribution >= 4 is 34.3 Å². The van der Waals surface area contributed by atoms with Crippen LogP contribution < -0.4 is 10.2 Å². The van der Waals surface area contributed by atoms with Gasteiger partial charge in [0.15, 0.2) is 0 Å². The Bertz CT molecular complexity index is 1180. The summed E-state index contributed by atoms with van der Waals surface area (Å²) in [6, 6.07) is 6.06. The molecule has 7 nitrogen and oxygen atoms in total. The van der Waals surface area contributed by atoms with Crippen molar-refractivity contribution in [1.29, 1.82) is 0 Å². The van der Waals surface area contributed by atoms with Gasteiger partial charge in [0, 0.05) is 12.4 Å². The van der Waals surface area contributed by atoms with Gasteiger partial charge in [0.2, 0.25) is 0 Å². The number of hydrogen-bond acceptors (Lipinski definition) is 6. The summed E-state index contributed by atoms with van der Waals surface area (Å²) in [6.45, 7) is 9.60. The van der Waals surface area contributed by atoms with Crippen molar-refractivity contribution in [1.82, 2.24) is 0 Å². The Morgan fingerprint density at radius 2 is 1.73 bits per heavy atom. The predicted octanol–water partition coefficient (Wildman–Crippen LogP) is 3.44. The van der Waals surface area contributed by atoms with Gasteiger partial charge < -0.3 is 14.0 Å². The first-order chi connectivity index (χ1) is 15.1. The summed E-state index contributed by atoms with van der Waals surface area (Å²) in [5.41, 5.74) is -1.38. The average molecular weight is 481 g/mol. The Hall–Kier alpha value is -2.50. The van der Waals surface area contributed by atoms with Gasteiger partial charge in [-0.2, -0.15) is 0 Å². The van der Waals surface area contributed by atoms with E-state index in [1.165, 1.54) is 32.0 Å². The minimum atomic E-state index is -4.39. The summed E-state index contributed by atoms with van der Waals surface area (Å²) < 4.78 is 74.3. The van der Waals surface area contributed by atoms with E-state index in [2.05, 4.69) is 4.72 Å². The molecule has 3 rings (SSSR count). The monoisotopic (exact) mass is 481 g/mol. The molecule has 0 aliphatic carbocycles. The smallest absolute Gasteiger partial charge is 0.461 e. The van der Waals surface area contributed by atoms with E-state index in [4.69, 9.17) is 14.0 Å². The topological polar surface area (TPSA) is 90.9 Å². The van der Waals surface area contributed by atoms with Crippen LogP contribution in [0.2, 0.25) is 0 Å². The van der Waals surface area contributed by atoms with Gasteiger partial charge in [-0.15, -0.1) is 0 Å². The summed E-state index contributed by atoms with van der Waals surface area (Å²) >= 11 is 0. The van der Waals surface area contributed by atoms with E-state index in [1.54, 1.807) is 0 Å². The largest absolute Gasteiger partial charge is 0.497 e. The zero-order chi connectivity index (χ0) is 24.8. The van der Waals surface area contributed by atoms with Crippen LogP contribution in [-0.2, 0) is 35.5 Å². The van der Waals surface area contributed by atoms with Gasteiger partial charge in [0.25, 0.3) is 10.0 Å². The Balaban J connectivity index is 1.95. The molecule has 2 aromatic rings. The van der Waals surface area contributed by atoms with Crippen LogP contribution in [0.15, 0.2) is 35.2 Å². The number of hydrogen-bond donors (Lipinski definition) is 1. The maximum atomic E-state index is 15.3. The number of rotatable bonds is 6. The van der Waals surface area contributed by atoms with Crippen molar-refractivity contribution < 1.29 is 36.0 Å². The fourth-order valence-corrected chi connectivity index (χ4v) is 4.66. The highest BCUT2D eigenvalue weighted by molar-refractivity contribution is 7.92. The normalized spacial score (nSPS) is 17.2. The Morgan fingerprint density at radius 3 is 2.30 bits per heavy atom. The molecule has 0 radical (unpaired) electrons. The molecule has 178 valence electrons. The highest BCUT2D eigenvalue weighted by atomic mass is 32.2. The number of sulfonamides is 1. The summed E-state index contributed by atoms with van der Waals surface area (Å²) in [7, 11) is -5.42. The fourth-order valence-electron chi connectivity index (χ4n) is 3.30. The van der Waals surface area contributed by atoms with Gasteiger partial charge in [0.1, 0.15) is 18.2 Å². The van der Waals surface area contributed by atoms with Gasteiger partial charge in [0.05, 0.1) is 21.8 Å². The third-order valence-corrected chi connectivity index (χ3v) is 7.42. The Labute approximate surface area is 192 Å². The van der Waals surface area contributed by atoms with E-state index in [-0.39, 0.29) is 28.9 Å². The van der Waals surface area contributed by atoms with Crippen LogP contribution in [0.4, 0.5) is 14.5 Å². The fraction of sp³-hybridized carbons (Fsp3) is 0.409. The lowest BCUT2D eigenvalue weighted by Crippen LogP contribution is -2.41. The molecule has 0 amide bonds. The lowest BCUT2D eigenvalue weighted by Gasteiger charge is -2.32. The lowest BCUT2D eigenvalue weighted by molar-refractivity contribution is -0.142. The molecule has 0 saturated carbocycles. The molecule has 0 atom stereocenters. The lowest BCUT2D eigenvalue weighted by atomic mass is 9.78. The number of anilines is 1. The van der Waals surface area contributed by atoms with E-state index in [0.29, 0.717) is 0 Å². The second kappa shape index (κ2) is 8.70. The van der Waals surface area contributed by atoms with Crippen molar-refractivity contribution in [2.45, 2.75) is 64.2 Å². The molecule has 1 aliphatic heterocycles. The van der Waals surface area contributed by atoms with Gasteiger partial charge >= 0.3 is 13.1 Å². The van der Waals surface area contributed by atoms with Crippen LogP contribution in [0.5, 0.6) is 0 Å². The predicted molar refractivity (Wildman–Crippen MR) is 120 cm³/mol. The summed E-state index contributed by atoms with van der Waals surface area (Å²) in [6.07, 6.45) is 0. The first kappa shape index (κ1) is 25.1. The zero-order valence-corrected chi connectivity index (χ0v) is 20.1. The molecule has 33 heavy (non-hydrogen) atoms. The molecular formula is C22H26BF2NO6S. The Morgan fingerprint density at radius 1 is 1.12 bits per heavy atom. The van der Waals surface area contributed by atoms with E-state index >= 15 is 4.39 Å². The number of carbonyl (C=O) groups excluding carboxylic acids is 1. The van der Waals surface area contributed by atoms with Crippen molar-refractivity contribution in [3.8, 4) is 0 Å². The van der Waals surface area contributed by atoms with Gasteiger partial charge in [-0.1, -0.05) is 12.1 Å². The van der Waals surface area contributed by atoms with Crippen LogP contribution in [0.1, 0.15) is 45.7 Å². The SMILES string of the molecule is CC(=O)OCc1cc(F)cc(S(=O)(=O)Nc2cccc(B3OC(C)(C)C(C)(C)O3)c2F)c1C. The van der Waals surface area contributed by atoms with Crippen molar-refractivity contribution in [2.75, 3.05) is 4.72 Å². The van der Waals surface area contributed by atoms with Gasteiger partial charge in [-0.25, -0.2) is 17.2 Å². The molecule has 0 spiro atoms. The molecule has 0 unspecified atom stereocenters. The molecule has 0 bridgehead atoms.